The van der Waals surface area contributed by atoms with E-state index in [2.05, 4.69) is 15.6 Å². The van der Waals surface area contributed by atoms with E-state index in [1.165, 1.54) is 22.8 Å². The number of H-pyrrole nitrogens is 1. The highest BCUT2D eigenvalue weighted by Crippen LogP contribution is 2.36. The zero-order valence-corrected chi connectivity index (χ0v) is 13.2. The van der Waals surface area contributed by atoms with Crippen LogP contribution >= 0.6 is 0 Å². The molecule has 0 saturated heterocycles. The van der Waals surface area contributed by atoms with Gasteiger partial charge in [0.25, 0.3) is 5.56 Å². The number of aromatic nitrogens is 2. The number of fused-ring (bicyclic) bond motifs is 1. The monoisotopic (exact) mass is 333 g/mol. The summed E-state index contributed by atoms with van der Waals surface area (Å²) in [4.78, 5) is 25.9. The highest BCUT2D eigenvalue weighted by Gasteiger charge is 2.41. The van der Waals surface area contributed by atoms with Crippen molar-refractivity contribution in [3.8, 4) is 12.3 Å². The molecule has 1 aliphatic carbocycles. The molecular weight excluding hydrogens is 318 g/mol. The van der Waals surface area contributed by atoms with E-state index < -0.39 is 26.8 Å². The SMILES string of the molecule is C#CCn1c(=O)[nH]c(=O)c2cc(S(=O)(=O)NC3(C)CC3)ccc21. The summed E-state index contributed by atoms with van der Waals surface area (Å²) in [7, 11) is -3.73. The summed E-state index contributed by atoms with van der Waals surface area (Å²) in [6, 6.07) is 4.05. The molecule has 1 aromatic heterocycles. The van der Waals surface area contributed by atoms with E-state index >= 15 is 0 Å². The first-order valence-corrected chi connectivity index (χ1v) is 8.48. The van der Waals surface area contributed by atoms with E-state index in [9.17, 15) is 18.0 Å². The summed E-state index contributed by atoms with van der Waals surface area (Å²) < 4.78 is 28.6. The molecule has 8 heteroatoms. The van der Waals surface area contributed by atoms with Crippen molar-refractivity contribution in [2.45, 2.75) is 36.7 Å². The fourth-order valence-electron chi connectivity index (χ4n) is 2.36. The lowest BCUT2D eigenvalue weighted by Gasteiger charge is -2.13. The number of aromatic amines is 1. The number of hydrogen-bond donors (Lipinski definition) is 2. The molecule has 0 atom stereocenters. The molecule has 2 N–H and O–H groups in total. The Kier molecular flexibility index (Phi) is 3.43. The number of sulfonamides is 1. The van der Waals surface area contributed by atoms with E-state index in [-0.39, 0.29) is 16.8 Å². The van der Waals surface area contributed by atoms with Crippen LogP contribution in [0.2, 0.25) is 0 Å². The second-order valence-electron chi connectivity index (χ2n) is 5.89. The summed E-state index contributed by atoms with van der Waals surface area (Å²) >= 11 is 0. The van der Waals surface area contributed by atoms with Gasteiger partial charge in [0.15, 0.2) is 0 Å². The van der Waals surface area contributed by atoms with Crippen molar-refractivity contribution in [2.75, 3.05) is 0 Å². The van der Waals surface area contributed by atoms with Crippen LogP contribution in [0.25, 0.3) is 10.9 Å². The molecule has 1 aromatic carbocycles. The van der Waals surface area contributed by atoms with Crippen LogP contribution in [0.4, 0.5) is 0 Å². The number of benzene rings is 1. The summed E-state index contributed by atoms with van der Waals surface area (Å²) in [5.41, 5.74) is -1.39. The highest BCUT2D eigenvalue weighted by atomic mass is 32.2. The quantitative estimate of drug-likeness (QED) is 0.778. The second-order valence-corrected chi connectivity index (χ2v) is 7.58. The number of terminal acetylenes is 1. The average molecular weight is 333 g/mol. The Morgan fingerprint density at radius 2 is 2.09 bits per heavy atom. The lowest BCUT2D eigenvalue weighted by Crippen LogP contribution is -2.34. The molecule has 3 rings (SSSR count). The van der Waals surface area contributed by atoms with Gasteiger partial charge < -0.3 is 0 Å². The van der Waals surface area contributed by atoms with Crippen LogP contribution in [0.5, 0.6) is 0 Å². The third kappa shape index (κ3) is 2.81. The highest BCUT2D eigenvalue weighted by molar-refractivity contribution is 7.89. The van der Waals surface area contributed by atoms with Crippen LogP contribution in [0.15, 0.2) is 32.7 Å². The Bertz CT molecular complexity index is 1050. The molecule has 0 radical (unpaired) electrons. The zero-order valence-electron chi connectivity index (χ0n) is 12.4. The molecule has 120 valence electrons. The average Bonchev–Trinajstić information content (AvgIpc) is 3.19. The fourth-order valence-corrected chi connectivity index (χ4v) is 3.85. The number of nitrogens with one attached hydrogen (secondary N) is 2. The van der Waals surface area contributed by atoms with E-state index in [0.29, 0.717) is 5.52 Å². The first kappa shape index (κ1) is 15.5. The van der Waals surface area contributed by atoms with E-state index in [1.807, 2.05) is 6.92 Å². The molecule has 0 spiro atoms. The van der Waals surface area contributed by atoms with Gasteiger partial charge in [0.2, 0.25) is 10.0 Å². The predicted molar refractivity (Wildman–Crippen MR) is 85.6 cm³/mol. The molecule has 1 heterocycles. The Balaban J connectivity index is 2.18. The van der Waals surface area contributed by atoms with Gasteiger partial charge in [0.05, 0.1) is 22.3 Å². The van der Waals surface area contributed by atoms with Gasteiger partial charge in [-0.15, -0.1) is 6.42 Å². The Hall–Kier alpha value is -2.37. The maximum atomic E-state index is 12.4. The van der Waals surface area contributed by atoms with E-state index in [4.69, 9.17) is 6.42 Å². The molecule has 2 aromatic rings. The molecule has 1 aliphatic rings. The minimum Gasteiger partial charge on any atom is -0.282 e. The van der Waals surface area contributed by atoms with Gasteiger partial charge in [-0.25, -0.2) is 17.9 Å². The maximum Gasteiger partial charge on any atom is 0.329 e. The van der Waals surface area contributed by atoms with Crippen LogP contribution in [-0.4, -0.2) is 23.5 Å². The van der Waals surface area contributed by atoms with Crippen LogP contribution in [-0.2, 0) is 16.6 Å². The van der Waals surface area contributed by atoms with Crippen molar-refractivity contribution in [1.29, 1.82) is 0 Å². The van der Waals surface area contributed by atoms with Crippen LogP contribution < -0.4 is 16.0 Å². The van der Waals surface area contributed by atoms with Crippen molar-refractivity contribution >= 4 is 20.9 Å². The standard InChI is InChI=1S/C15H15N3O4S/c1-3-8-18-12-5-4-10(9-11(12)13(19)16-14(18)20)23(21,22)17-15(2)6-7-15/h1,4-5,9,17H,6-8H2,2H3,(H,16,19,20). The van der Waals surface area contributed by atoms with Crippen molar-refractivity contribution in [2.24, 2.45) is 0 Å². The summed E-state index contributed by atoms with van der Waals surface area (Å²) in [5, 5.41) is 0.101. The number of rotatable bonds is 4. The summed E-state index contributed by atoms with van der Waals surface area (Å²) in [5.74, 6) is 2.33. The molecule has 0 aliphatic heterocycles. The predicted octanol–water partition coefficient (Wildman–Crippen LogP) is 0.154. The van der Waals surface area contributed by atoms with Crippen molar-refractivity contribution in [1.82, 2.24) is 14.3 Å². The van der Waals surface area contributed by atoms with Crippen LogP contribution in [0.3, 0.4) is 0 Å². The summed E-state index contributed by atoms with van der Waals surface area (Å²) in [6.07, 6.45) is 6.79. The van der Waals surface area contributed by atoms with Gasteiger partial charge in [-0.2, -0.15) is 0 Å². The Labute approximate surface area is 132 Å². The molecule has 7 nitrogen and oxygen atoms in total. The van der Waals surface area contributed by atoms with E-state index in [1.54, 1.807) is 0 Å². The largest absolute Gasteiger partial charge is 0.329 e. The molecule has 0 unspecified atom stereocenters. The van der Waals surface area contributed by atoms with Gasteiger partial charge in [-0.3, -0.25) is 14.3 Å². The van der Waals surface area contributed by atoms with Gasteiger partial charge in [0.1, 0.15) is 0 Å². The van der Waals surface area contributed by atoms with Gasteiger partial charge in [0, 0.05) is 5.54 Å². The van der Waals surface area contributed by atoms with Gasteiger partial charge >= 0.3 is 5.69 Å². The van der Waals surface area contributed by atoms with Crippen molar-refractivity contribution < 1.29 is 8.42 Å². The molecule has 0 bridgehead atoms. The first-order chi connectivity index (χ1) is 10.8. The Morgan fingerprint density at radius 3 is 2.70 bits per heavy atom. The first-order valence-electron chi connectivity index (χ1n) is 7.00. The van der Waals surface area contributed by atoms with Crippen molar-refractivity contribution in [3.63, 3.8) is 0 Å². The van der Waals surface area contributed by atoms with Crippen molar-refractivity contribution in [3.05, 3.63) is 39.0 Å². The number of hydrogen-bond acceptors (Lipinski definition) is 4. The molecule has 1 saturated carbocycles. The van der Waals surface area contributed by atoms with Gasteiger partial charge in [-0.1, -0.05) is 5.92 Å². The lowest BCUT2D eigenvalue weighted by molar-refractivity contribution is 0.558. The topological polar surface area (TPSA) is 101 Å². The van der Waals surface area contributed by atoms with Crippen LogP contribution in [0, 0.1) is 12.3 Å². The second kappa shape index (κ2) is 5.08. The molecule has 23 heavy (non-hydrogen) atoms. The normalized spacial score (nSPS) is 16.2. The third-order valence-electron chi connectivity index (χ3n) is 3.91. The third-order valence-corrected chi connectivity index (χ3v) is 5.55. The zero-order chi connectivity index (χ0) is 16.8. The van der Waals surface area contributed by atoms with Gasteiger partial charge in [-0.05, 0) is 38.0 Å². The molecular formula is C15H15N3O4S. The minimum atomic E-state index is -3.73. The fraction of sp³-hybridized carbons (Fsp3) is 0.333. The maximum absolute atomic E-state index is 12.4. The minimum absolute atomic E-state index is 0.0190. The summed E-state index contributed by atoms with van der Waals surface area (Å²) in [6.45, 7) is 1.80. The molecule has 0 amide bonds. The Morgan fingerprint density at radius 1 is 1.39 bits per heavy atom. The van der Waals surface area contributed by atoms with Crippen LogP contribution in [0.1, 0.15) is 19.8 Å². The van der Waals surface area contributed by atoms with E-state index in [0.717, 1.165) is 12.8 Å². The number of nitrogens with zero attached hydrogens (tertiary/aromatic N) is 1. The lowest BCUT2D eigenvalue weighted by atomic mass is 10.2. The smallest absolute Gasteiger partial charge is 0.282 e. The molecule has 1 fully saturated rings.